The minimum Gasteiger partial charge on any atom is -0.341 e. The van der Waals surface area contributed by atoms with Crippen molar-refractivity contribution in [3.63, 3.8) is 0 Å². The summed E-state index contributed by atoms with van der Waals surface area (Å²) in [6.07, 6.45) is 0. The third-order valence-corrected chi connectivity index (χ3v) is 6.55. The van der Waals surface area contributed by atoms with Gasteiger partial charge in [-0.2, -0.15) is 4.31 Å². The van der Waals surface area contributed by atoms with Crippen molar-refractivity contribution in [2.45, 2.75) is 4.90 Å². The first kappa shape index (κ1) is 19.9. The minimum absolute atomic E-state index is 0.00809. The van der Waals surface area contributed by atoms with Gasteiger partial charge in [0.2, 0.25) is 15.9 Å². The summed E-state index contributed by atoms with van der Waals surface area (Å²) in [6.45, 7) is 1.09. The molecule has 2 rings (SSSR count). The van der Waals surface area contributed by atoms with Crippen molar-refractivity contribution in [2.75, 3.05) is 39.8 Å². The Bertz CT molecular complexity index is 744. The Morgan fingerprint density at radius 3 is 2.20 bits per heavy atom. The van der Waals surface area contributed by atoms with Crippen molar-refractivity contribution in [3.8, 4) is 0 Å². The number of nitrogens with zero attached hydrogens (tertiary/aromatic N) is 2. The molecule has 1 aliphatic heterocycles. The molecular formula is C14H18Cl2N4O4S. The fourth-order valence-electron chi connectivity index (χ4n) is 2.42. The fraction of sp³-hybridized carbons (Fsp3) is 0.429. The van der Waals surface area contributed by atoms with E-state index in [9.17, 15) is 18.0 Å². The van der Waals surface area contributed by atoms with Crippen LogP contribution in [0.1, 0.15) is 0 Å². The maximum Gasteiger partial charge on any atom is 0.321 e. The lowest BCUT2D eigenvalue weighted by Gasteiger charge is -2.33. The van der Waals surface area contributed by atoms with Crippen molar-refractivity contribution in [2.24, 2.45) is 0 Å². The number of amides is 3. The number of carbonyl (C=O) groups is 2. The molecule has 0 spiro atoms. The van der Waals surface area contributed by atoms with E-state index in [-0.39, 0.29) is 34.6 Å². The van der Waals surface area contributed by atoms with E-state index < -0.39 is 22.0 Å². The summed E-state index contributed by atoms with van der Waals surface area (Å²) < 4.78 is 26.8. The minimum atomic E-state index is -3.82. The zero-order valence-corrected chi connectivity index (χ0v) is 15.8. The van der Waals surface area contributed by atoms with Crippen LogP contribution in [0.25, 0.3) is 0 Å². The number of rotatable bonds is 4. The van der Waals surface area contributed by atoms with E-state index in [4.69, 9.17) is 23.2 Å². The summed E-state index contributed by atoms with van der Waals surface area (Å²) >= 11 is 12.0. The summed E-state index contributed by atoms with van der Waals surface area (Å²) in [5.41, 5.74) is 0. The first-order valence-electron chi connectivity index (χ1n) is 7.43. The van der Waals surface area contributed by atoms with E-state index in [2.05, 4.69) is 10.6 Å². The Morgan fingerprint density at radius 2 is 1.68 bits per heavy atom. The van der Waals surface area contributed by atoms with E-state index in [1.807, 2.05) is 0 Å². The highest BCUT2D eigenvalue weighted by Gasteiger charge is 2.32. The lowest BCUT2D eigenvalue weighted by molar-refractivity contribution is -0.121. The van der Waals surface area contributed by atoms with Crippen LogP contribution in [0.4, 0.5) is 4.79 Å². The van der Waals surface area contributed by atoms with Crippen LogP contribution in [0.3, 0.4) is 0 Å². The van der Waals surface area contributed by atoms with Crippen molar-refractivity contribution >= 4 is 45.2 Å². The predicted octanol–water partition coefficient (Wildman–Crippen LogP) is 0.755. The largest absolute Gasteiger partial charge is 0.341 e. The number of benzene rings is 1. The quantitative estimate of drug-likeness (QED) is 0.765. The van der Waals surface area contributed by atoms with Crippen LogP contribution in [-0.4, -0.2) is 69.3 Å². The molecule has 1 aliphatic rings. The molecule has 1 aromatic carbocycles. The Morgan fingerprint density at radius 1 is 1.12 bits per heavy atom. The van der Waals surface area contributed by atoms with Gasteiger partial charge in [-0.1, -0.05) is 29.3 Å². The van der Waals surface area contributed by atoms with Crippen LogP contribution in [0.5, 0.6) is 0 Å². The molecule has 138 valence electrons. The average Bonchev–Trinajstić information content (AvgIpc) is 2.54. The molecule has 0 aromatic heterocycles. The average molecular weight is 409 g/mol. The van der Waals surface area contributed by atoms with Crippen molar-refractivity contribution in [1.82, 2.24) is 19.8 Å². The van der Waals surface area contributed by atoms with Crippen LogP contribution in [0, 0.1) is 0 Å². The molecule has 8 nitrogen and oxygen atoms in total. The molecule has 0 unspecified atom stereocenters. The zero-order valence-electron chi connectivity index (χ0n) is 13.5. The number of nitrogens with one attached hydrogen (secondary N) is 2. The van der Waals surface area contributed by atoms with Gasteiger partial charge in [0.25, 0.3) is 0 Å². The summed E-state index contributed by atoms with van der Waals surface area (Å²) in [4.78, 5) is 24.4. The second kappa shape index (κ2) is 8.33. The highest BCUT2D eigenvalue weighted by molar-refractivity contribution is 7.89. The number of sulfonamides is 1. The molecule has 0 bridgehead atoms. The van der Waals surface area contributed by atoms with Gasteiger partial charge in [-0.15, -0.1) is 0 Å². The molecule has 1 heterocycles. The molecule has 2 N–H and O–H groups in total. The predicted molar refractivity (Wildman–Crippen MR) is 94.3 cm³/mol. The number of hydrogen-bond acceptors (Lipinski definition) is 5. The van der Waals surface area contributed by atoms with Crippen LogP contribution >= 0.6 is 23.2 Å². The van der Waals surface area contributed by atoms with Crippen LogP contribution < -0.4 is 10.6 Å². The number of carbonyl (C=O) groups excluding carboxylic acids is 2. The van der Waals surface area contributed by atoms with Gasteiger partial charge in [-0.3, -0.25) is 15.0 Å². The van der Waals surface area contributed by atoms with Crippen LogP contribution in [-0.2, 0) is 14.8 Å². The number of piperazine rings is 1. The van der Waals surface area contributed by atoms with E-state index >= 15 is 0 Å². The Hall–Kier alpha value is -1.39. The number of halogens is 2. The smallest absolute Gasteiger partial charge is 0.321 e. The Balaban J connectivity index is 2.00. The van der Waals surface area contributed by atoms with Gasteiger partial charge in [-0.25, -0.2) is 13.2 Å². The lowest BCUT2D eigenvalue weighted by atomic mass is 10.3. The molecule has 3 amide bonds. The van der Waals surface area contributed by atoms with Gasteiger partial charge in [0.15, 0.2) is 0 Å². The first-order chi connectivity index (χ1) is 11.8. The Kier molecular flexibility index (Phi) is 6.64. The third-order valence-electron chi connectivity index (χ3n) is 3.70. The highest BCUT2D eigenvalue weighted by atomic mass is 35.5. The normalized spacial score (nSPS) is 16.4. The summed E-state index contributed by atoms with van der Waals surface area (Å²) in [7, 11) is -2.41. The van der Waals surface area contributed by atoms with Gasteiger partial charge < -0.3 is 5.32 Å². The number of urea groups is 1. The second-order valence-electron chi connectivity index (χ2n) is 5.36. The molecule has 1 aromatic rings. The maximum atomic E-state index is 12.7. The van der Waals surface area contributed by atoms with E-state index in [0.29, 0.717) is 13.1 Å². The maximum absolute atomic E-state index is 12.7. The molecule has 11 heteroatoms. The molecule has 0 atom stereocenters. The van der Waals surface area contributed by atoms with E-state index in [0.717, 1.165) is 0 Å². The first-order valence-corrected chi connectivity index (χ1v) is 9.63. The molecule has 0 radical (unpaired) electrons. The van der Waals surface area contributed by atoms with Crippen molar-refractivity contribution < 1.29 is 18.0 Å². The fourth-order valence-corrected chi connectivity index (χ4v) is 4.93. The lowest BCUT2D eigenvalue weighted by Crippen LogP contribution is -2.52. The second-order valence-corrected chi connectivity index (χ2v) is 8.05. The van der Waals surface area contributed by atoms with Crippen molar-refractivity contribution in [1.29, 1.82) is 0 Å². The Labute approximate surface area is 156 Å². The molecule has 1 fully saturated rings. The van der Waals surface area contributed by atoms with E-state index in [1.165, 1.54) is 23.5 Å². The summed E-state index contributed by atoms with van der Waals surface area (Å²) in [6, 6.07) is 3.94. The van der Waals surface area contributed by atoms with Crippen LogP contribution in [0.15, 0.2) is 23.1 Å². The van der Waals surface area contributed by atoms with Gasteiger partial charge in [0, 0.05) is 33.2 Å². The SMILES string of the molecule is CNC(=O)NC(=O)CN1CCN(S(=O)(=O)c2c(Cl)cccc2Cl)CC1. The summed E-state index contributed by atoms with van der Waals surface area (Å²) in [5, 5.41) is 4.59. The van der Waals surface area contributed by atoms with Crippen LogP contribution in [0.2, 0.25) is 10.0 Å². The standard InChI is InChI=1S/C14H18Cl2N4O4S/c1-17-14(22)18-12(21)9-19-5-7-20(8-6-19)25(23,24)13-10(15)3-2-4-11(13)16/h2-4H,5-9H2,1H3,(H2,17,18,21,22). The van der Waals surface area contributed by atoms with Crippen molar-refractivity contribution in [3.05, 3.63) is 28.2 Å². The third kappa shape index (κ3) is 4.83. The molecule has 0 aliphatic carbocycles. The number of imide groups is 1. The summed E-state index contributed by atoms with van der Waals surface area (Å²) in [5.74, 6) is -0.454. The zero-order chi connectivity index (χ0) is 18.6. The van der Waals surface area contributed by atoms with Gasteiger partial charge in [0.1, 0.15) is 4.90 Å². The van der Waals surface area contributed by atoms with E-state index in [1.54, 1.807) is 11.0 Å². The van der Waals surface area contributed by atoms with Gasteiger partial charge >= 0.3 is 6.03 Å². The topological polar surface area (TPSA) is 98.8 Å². The molecule has 0 saturated carbocycles. The molecule has 1 saturated heterocycles. The molecule has 25 heavy (non-hydrogen) atoms. The highest BCUT2D eigenvalue weighted by Crippen LogP contribution is 2.31. The monoisotopic (exact) mass is 408 g/mol. The van der Waals surface area contributed by atoms with Gasteiger partial charge in [0.05, 0.1) is 16.6 Å². The number of hydrogen-bond donors (Lipinski definition) is 2. The molecular weight excluding hydrogens is 391 g/mol. The van der Waals surface area contributed by atoms with Gasteiger partial charge in [-0.05, 0) is 12.1 Å².